The van der Waals surface area contributed by atoms with Crippen molar-refractivity contribution in [2.75, 3.05) is 37.5 Å². The Hall–Kier alpha value is -3.88. The van der Waals surface area contributed by atoms with E-state index < -0.39 is 37.9 Å². The number of halogens is 2. The minimum absolute atomic E-state index is 0.00438. The van der Waals surface area contributed by atoms with Crippen LogP contribution in [0.2, 0.25) is 0 Å². The average molecular weight is 590 g/mol. The van der Waals surface area contributed by atoms with Crippen molar-refractivity contribution in [3.05, 3.63) is 64.9 Å². The molecule has 3 heterocycles. The van der Waals surface area contributed by atoms with Gasteiger partial charge in [-0.15, -0.1) is 0 Å². The second-order valence-corrected chi connectivity index (χ2v) is 12.5. The minimum atomic E-state index is -4.30. The molecule has 1 fully saturated rings. The molecule has 0 saturated carbocycles. The molecule has 2 amide bonds. The van der Waals surface area contributed by atoms with Crippen LogP contribution in [0, 0.1) is 17.6 Å². The lowest BCUT2D eigenvalue weighted by molar-refractivity contribution is -0.119. The predicted molar refractivity (Wildman–Crippen MR) is 144 cm³/mol. The lowest BCUT2D eigenvalue weighted by atomic mass is 9.84. The molecule has 0 bridgehead atoms. The molecular weight excluding hydrogens is 560 g/mol. The third-order valence-electron chi connectivity index (χ3n) is 7.19. The molecule has 11 nitrogen and oxygen atoms in total. The van der Waals surface area contributed by atoms with E-state index in [9.17, 15) is 26.8 Å². The van der Waals surface area contributed by atoms with Crippen LogP contribution in [0.3, 0.4) is 0 Å². The van der Waals surface area contributed by atoms with Gasteiger partial charge in [0.1, 0.15) is 17.4 Å². The number of fused-ring (bicyclic) bond motifs is 1. The first-order valence-electron chi connectivity index (χ1n) is 12.8. The zero-order chi connectivity index (χ0) is 29.5. The quantitative estimate of drug-likeness (QED) is 0.383. The smallest absolute Gasteiger partial charge is 0.258 e. The molecule has 1 saturated heterocycles. The summed E-state index contributed by atoms with van der Waals surface area (Å²) in [5.41, 5.74) is 0.572. The van der Waals surface area contributed by atoms with Gasteiger partial charge >= 0.3 is 0 Å². The molecule has 0 spiro atoms. The number of hydrogen-bond acceptors (Lipinski definition) is 7. The van der Waals surface area contributed by atoms with Gasteiger partial charge in [-0.3, -0.25) is 14.7 Å². The molecule has 0 radical (unpaired) electrons. The van der Waals surface area contributed by atoms with E-state index >= 15 is 0 Å². The standard InChI is InChI=1S/C27H29F2N5O6S/c1-27(2)14-34(41(37,38)19-9-16(28)8-17(29)10-19)12-21-23(27)32-33-24(21)31-26(36)20-5-4-18(39-3)11-22(20)30-25(35)15-6-7-40-13-15/h4-5,8-11,15H,6-7,12-14H2,1-3H3,(H,30,35)(H2,31,32,33,36). The molecule has 14 heteroatoms. The van der Waals surface area contributed by atoms with Crippen molar-refractivity contribution in [1.82, 2.24) is 14.5 Å². The van der Waals surface area contributed by atoms with E-state index in [2.05, 4.69) is 20.8 Å². The van der Waals surface area contributed by atoms with Crippen LogP contribution < -0.4 is 15.4 Å². The Balaban J connectivity index is 1.44. The Labute approximate surface area is 235 Å². The summed E-state index contributed by atoms with van der Waals surface area (Å²) < 4.78 is 66.2. The van der Waals surface area contributed by atoms with Gasteiger partial charge in [0, 0.05) is 48.5 Å². The van der Waals surface area contributed by atoms with Gasteiger partial charge in [0.2, 0.25) is 15.9 Å². The normalized spacial score (nSPS) is 18.5. The second-order valence-electron chi connectivity index (χ2n) is 10.6. The van der Waals surface area contributed by atoms with Crippen LogP contribution in [0.15, 0.2) is 41.3 Å². The van der Waals surface area contributed by atoms with E-state index in [0.29, 0.717) is 36.1 Å². The summed E-state index contributed by atoms with van der Waals surface area (Å²) in [6, 6.07) is 6.70. The van der Waals surface area contributed by atoms with Gasteiger partial charge in [-0.25, -0.2) is 17.2 Å². The molecule has 1 atom stereocenters. The summed E-state index contributed by atoms with van der Waals surface area (Å²) >= 11 is 0. The number of nitrogens with zero attached hydrogens (tertiary/aromatic N) is 2. The summed E-state index contributed by atoms with van der Waals surface area (Å²) in [4.78, 5) is 25.7. The largest absolute Gasteiger partial charge is 0.497 e. The number of carbonyl (C=O) groups excluding carboxylic acids is 2. The number of H-pyrrole nitrogens is 1. The Bertz CT molecular complexity index is 1600. The number of methoxy groups -OCH3 is 1. The summed E-state index contributed by atoms with van der Waals surface area (Å²) in [5, 5.41) is 12.6. The fraction of sp³-hybridized carbons (Fsp3) is 0.370. The first-order valence-corrected chi connectivity index (χ1v) is 14.2. The van der Waals surface area contributed by atoms with E-state index in [0.717, 1.165) is 16.4 Å². The first kappa shape index (κ1) is 28.6. The Kier molecular flexibility index (Phi) is 7.57. The molecular formula is C27H29F2N5O6S. The van der Waals surface area contributed by atoms with E-state index in [4.69, 9.17) is 9.47 Å². The number of carbonyl (C=O) groups is 2. The summed E-state index contributed by atoms with van der Waals surface area (Å²) in [6.07, 6.45) is 0.564. The van der Waals surface area contributed by atoms with Gasteiger partial charge in [-0.05, 0) is 30.7 Å². The fourth-order valence-electron chi connectivity index (χ4n) is 5.03. The highest BCUT2D eigenvalue weighted by Crippen LogP contribution is 2.38. The SMILES string of the molecule is COc1ccc(C(=O)Nc2n[nH]c3c2CN(S(=O)(=O)c2cc(F)cc(F)c2)CC3(C)C)c(NC(=O)C2CCOC2)c1. The van der Waals surface area contributed by atoms with Crippen molar-refractivity contribution in [2.45, 2.75) is 37.1 Å². The van der Waals surface area contributed by atoms with E-state index in [1.807, 2.05) is 0 Å². The third-order valence-corrected chi connectivity index (χ3v) is 8.95. The monoisotopic (exact) mass is 589 g/mol. The maximum Gasteiger partial charge on any atom is 0.258 e. The van der Waals surface area contributed by atoms with Gasteiger partial charge in [0.05, 0.1) is 35.8 Å². The average Bonchev–Trinajstić information content (AvgIpc) is 3.59. The number of anilines is 2. The third kappa shape index (κ3) is 5.67. The van der Waals surface area contributed by atoms with Crippen LogP contribution in [-0.4, -0.2) is 61.6 Å². The van der Waals surface area contributed by atoms with Crippen molar-refractivity contribution in [2.24, 2.45) is 5.92 Å². The summed E-state index contributed by atoms with van der Waals surface area (Å²) in [6.45, 7) is 4.12. The molecule has 2 aliphatic rings. The molecule has 2 aliphatic heterocycles. The van der Waals surface area contributed by atoms with Crippen molar-refractivity contribution in [3.63, 3.8) is 0 Å². The van der Waals surface area contributed by atoms with Crippen molar-refractivity contribution < 1.29 is 36.3 Å². The zero-order valence-electron chi connectivity index (χ0n) is 22.6. The zero-order valence-corrected chi connectivity index (χ0v) is 23.4. The number of sulfonamides is 1. The number of ether oxygens (including phenoxy) is 2. The number of nitrogens with one attached hydrogen (secondary N) is 3. The van der Waals surface area contributed by atoms with Crippen molar-refractivity contribution >= 4 is 33.3 Å². The predicted octanol–water partition coefficient (Wildman–Crippen LogP) is 3.41. The molecule has 1 unspecified atom stereocenters. The van der Waals surface area contributed by atoms with Gasteiger partial charge < -0.3 is 20.1 Å². The molecule has 1 aromatic heterocycles. The van der Waals surface area contributed by atoms with Gasteiger partial charge in [-0.2, -0.15) is 9.40 Å². The molecule has 2 aromatic carbocycles. The first-order chi connectivity index (χ1) is 19.4. The number of rotatable bonds is 7. The molecule has 5 rings (SSSR count). The van der Waals surface area contributed by atoms with Gasteiger partial charge in [-0.1, -0.05) is 13.8 Å². The van der Waals surface area contributed by atoms with Gasteiger partial charge in [0.25, 0.3) is 5.91 Å². The van der Waals surface area contributed by atoms with Crippen molar-refractivity contribution in [1.29, 1.82) is 0 Å². The topological polar surface area (TPSA) is 143 Å². The second kappa shape index (κ2) is 10.8. The van der Waals surface area contributed by atoms with E-state index in [1.165, 1.54) is 19.2 Å². The Morgan fingerprint density at radius 2 is 1.88 bits per heavy atom. The summed E-state index contributed by atoms with van der Waals surface area (Å²) in [5.74, 6) is -2.77. The highest BCUT2D eigenvalue weighted by atomic mass is 32.2. The van der Waals surface area contributed by atoms with Crippen LogP contribution in [0.5, 0.6) is 5.75 Å². The molecule has 0 aliphatic carbocycles. The van der Waals surface area contributed by atoms with Crippen LogP contribution in [0.1, 0.15) is 41.9 Å². The van der Waals surface area contributed by atoms with Crippen LogP contribution in [0.25, 0.3) is 0 Å². The number of aromatic nitrogens is 2. The van der Waals surface area contributed by atoms with E-state index in [1.54, 1.807) is 19.9 Å². The van der Waals surface area contributed by atoms with Crippen LogP contribution in [-0.2, 0) is 31.5 Å². The minimum Gasteiger partial charge on any atom is -0.497 e. The highest BCUT2D eigenvalue weighted by molar-refractivity contribution is 7.89. The molecule has 41 heavy (non-hydrogen) atoms. The number of amides is 2. The van der Waals surface area contributed by atoms with Gasteiger partial charge in [0.15, 0.2) is 5.82 Å². The lowest BCUT2D eigenvalue weighted by Crippen LogP contribution is -2.45. The number of benzene rings is 2. The molecule has 3 N–H and O–H groups in total. The lowest BCUT2D eigenvalue weighted by Gasteiger charge is -2.36. The van der Waals surface area contributed by atoms with Crippen LogP contribution in [0.4, 0.5) is 20.3 Å². The highest BCUT2D eigenvalue weighted by Gasteiger charge is 2.41. The molecule has 218 valence electrons. The molecule has 3 aromatic rings. The van der Waals surface area contributed by atoms with Crippen LogP contribution >= 0.6 is 0 Å². The maximum atomic E-state index is 13.9. The number of hydrogen-bond donors (Lipinski definition) is 3. The maximum absolute atomic E-state index is 13.9. The van der Waals surface area contributed by atoms with Crippen molar-refractivity contribution in [3.8, 4) is 5.75 Å². The fourth-order valence-corrected chi connectivity index (χ4v) is 6.65. The number of aromatic amines is 1. The summed E-state index contributed by atoms with van der Waals surface area (Å²) in [7, 11) is -2.85. The Morgan fingerprint density at radius 1 is 1.15 bits per heavy atom. The van der Waals surface area contributed by atoms with E-state index in [-0.39, 0.29) is 48.6 Å². The Morgan fingerprint density at radius 3 is 2.54 bits per heavy atom.